The first-order chi connectivity index (χ1) is 17.0. The summed E-state index contributed by atoms with van der Waals surface area (Å²) in [6.07, 6.45) is 0.486. The topological polar surface area (TPSA) is 80.9 Å². The molecule has 0 spiro atoms. The average Bonchev–Trinajstić information content (AvgIpc) is 2.88. The second-order valence-corrected chi connectivity index (χ2v) is 8.39. The normalized spacial score (nSPS) is 10.9. The van der Waals surface area contributed by atoms with Crippen LogP contribution < -0.4 is 0 Å². The van der Waals surface area contributed by atoms with Gasteiger partial charge in [0.1, 0.15) is 23.0 Å². The van der Waals surface area contributed by atoms with Crippen molar-refractivity contribution in [2.24, 2.45) is 0 Å². The van der Waals surface area contributed by atoms with Crippen molar-refractivity contribution in [2.75, 3.05) is 0 Å². The third kappa shape index (κ3) is 4.30. The van der Waals surface area contributed by atoms with Gasteiger partial charge >= 0.3 is 0 Å². The van der Waals surface area contributed by atoms with Crippen molar-refractivity contribution in [1.82, 2.24) is 0 Å². The van der Waals surface area contributed by atoms with Gasteiger partial charge in [0.2, 0.25) is 0 Å². The molecule has 0 aliphatic heterocycles. The summed E-state index contributed by atoms with van der Waals surface area (Å²) in [6.45, 7) is 0. The van der Waals surface area contributed by atoms with Gasteiger partial charge in [0.05, 0.1) is 0 Å². The van der Waals surface area contributed by atoms with E-state index in [1.807, 2.05) is 60.7 Å². The molecule has 0 amide bonds. The van der Waals surface area contributed by atoms with E-state index in [0.29, 0.717) is 17.2 Å². The van der Waals surface area contributed by atoms with Crippen LogP contribution in [0, 0.1) is 0 Å². The van der Waals surface area contributed by atoms with E-state index in [1.54, 1.807) is 48.5 Å². The third-order valence-corrected chi connectivity index (χ3v) is 6.26. The Morgan fingerprint density at radius 1 is 0.343 bits per heavy atom. The molecule has 6 aromatic carbocycles. The molecule has 4 heteroatoms. The lowest BCUT2D eigenvalue weighted by Crippen LogP contribution is -1.93. The van der Waals surface area contributed by atoms with Crippen LogP contribution in [-0.4, -0.2) is 20.4 Å². The van der Waals surface area contributed by atoms with E-state index in [9.17, 15) is 20.4 Å². The summed E-state index contributed by atoms with van der Waals surface area (Å²) in [4.78, 5) is 0. The first-order valence-corrected chi connectivity index (χ1v) is 11.3. The molecule has 0 radical (unpaired) electrons. The largest absolute Gasteiger partial charge is 0.508 e. The van der Waals surface area contributed by atoms with Crippen molar-refractivity contribution in [1.29, 1.82) is 0 Å². The Morgan fingerprint density at radius 3 is 1.20 bits per heavy atom. The smallest absolute Gasteiger partial charge is 0.123 e. The molecule has 4 nitrogen and oxygen atoms in total. The Kier molecular flexibility index (Phi) is 5.86. The van der Waals surface area contributed by atoms with Crippen LogP contribution in [0.25, 0.3) is 32.3 Å². The Hall–Kier alpha value is -4.70. The minimum atomic E-state index is 0.198. The van der Waals surface area contributed by atoms with E-state index in [-0.39, 0.29) is 23.0 Å². The van der Waals surface area contributed by atoms with E-state index < -0.39 is 0 Å². The van der Waals surface area contributed by atoms with Crippen LogP contribution in [0.3, 0.4) is 0 Å². The molecular formula is C31H24O4. The Morgan fingerprint density at radius 2 is 0.743 bits per heavy atom. The van der Waals surface area contributed by atoms with Gasteiger partial charge in [-0.2, -0.15) is 0 Å². The second-order valence-electron chi connectivity index (χ2n) is 8.39. The Bertz CT molecular complexity index is 1550. The maximum atomic E-state index is 10.4. The van der Waals surface area contributed by atoms with Gasteiger partial charge in [0.25, 0.3) is 0 Å². The highest BCUT2D eigenvalue weighted by molar-refractivity contribution is 5.93. The molecule has 6 aromatic rings. The fourth-order valence-electron chi connectivity index (χ4n) is 4.47. The van der Waals surface area contributed by atoms with Gasteiger partial charge in [0, 0.05) is 28.3 Å². The van der Waals surface area contributed by atoms with Crippen LogP contribution >= 0.6 is 0 Å². The number of hydrogen-bond acceptors (Lipinski definition) is 4. The monoisotopic (exact) mass is 460 g/mol. The maximum Gasteiger partial charge on any atom is 0.123 e. The lowest BCUT2D eigenvalue weighted by Gasteiger charge is -2.13. The number of phenols is 4. The van der Waals surface area contributed by atoms with Gasteiger partial charge in [-0.25, -0.2) is 0 Å². The molecule has 0 fully saturated rings. The van der Waals surface area contributed by atoms with Gasteiger partial charge in [-0.3, -0.25) is 0 Å². The van der Waals surface area contributed by atoms with E-state index >= 15 is 0 Å². The van der Waals surface area contributed by atoms with E-state index in [4.69, 9.17) is 0 Å². The summed E-state index contributed by atoms with van der Waals surface area (Å²) >= 11 is 0. The van der Waals surface area contributed by atoms with Crippen molar-refractivity contribution in [3.8, 4) is 23.0 Å². The lowest BCUT2D eigenvalue weighted by atomic mass is 9.94. The highest BCUT2D eigenvalue weighted by Crippen LogP contribution is 2.35. The number of fused-ring (bicyclic) bond motifs is 3. The molecule has 35 heavy (non-hydrogen) atoms. The highest BCUT2D eigenvalue weighted by atomic mass is 16.3. The maximum absolute atomic E-state index is 10.4. The van der Waals surface area contributed by atoms with E-state index in [2.05, 4.69) is 0 Å². The number of hydrogen-bond donors (Lipinski definition) is 4. The van der Waals surface area contributed by atoms with Gasteiger partial charge in [-0.15, -0.1) is 0 Å². The van der Waals surface area contributed by atoms with Crippen LogP contribution in [0.1, 0.15) is 11.1 Å². The fraction of sp³-hybridized carbons (Fsp3) is 0.0323. The minimum absolute atomic E-state index is 0.198. The SMILES string of the molecule is Oc1ccc2ccccc2c1Cc1c(O)ccc2ccccc12.Oc1cccc2c(O)cccc12. The zero-order chi connectivity index (χ0) is 24.4. The summed E-state index contributed by atoms with van der Waals surface area (Å²) in [5, 5.41) is 45.0. The van der Waals surface area contributed by atoms with Crippen molar-refractivity contribution in [2.45, 2.75) is 6.42 Å². The first kappa shape index (κ1) is 22.1. The predicted molar refractivity (Wildman–Crippen MR) is 141 cm³/mol. The van der Waals surface area contributed by atoms with Crippen molar-refractivity contribution < 1.29 is 20.4 Å². The van der Waals surface area contributed by atoms with Gasteiger partial charge in [-0.1, -0.05) is 84.9 Å². The summed E-state index contributed by atoms with van der Waals surface area (Å²) in [7, 11) is 0. The molecule has 0 aromatic heterocycles. The summed E-state index contributed by atoms with van der Waals surface area (Å²) in [6, 6.07) is 33.4. The second kappa shape index (κ2) is 9.27. The highest BCUT2D eigenvalue weighted by Gasteiger charge is 2.13. The summed E-state index contributed by atoms with van der Waals surface area (Å²) in [5.74, 6) is 0.916. The summed E-state index contributed by atoms with van der Waals surface area (Å²) in [5.41, 5.74) is 1.68. The molecular weight excluding hydrogens is 436 g/mol. The fourth-order valence-corrected chi connectivity index (χ4v) is 4.47. The van der Waals surface area contributed by atoms with Crippen molar-refractivity contribution in [3.63, 3.8) is 0 Å². The van der Waals surface area contributed by atoms with Crippen LogP contribution in [0.4, 0.5) is 0 Å². The molecule has 0 heterocycles. The number of aromatic hydroxyl groups is 4. The van der Waals surface area contributed by atoms with Crippen LogP contribution in [0.5, 0.6) is 23.0 Å². The van der Waals surface area contributed by atoms with Crippen LogP contribution in [0.15, 0.2) is 109 Å². The zero-order valence-corrected chi connectivity index (χ0v) is 18.9. The Labute approximate surface area is 202 Å². The van der Waals surface area contributed by atoms with Crippen LogP contribution in [0.2, 0.25) is 0 Å². The molecule has 0 saturated carbocycles. The molecule has 0 aliphatic rings. The lowest BCUT2D eigenvalue weighted by molar-refractivity contribution is 0.464. The van der Waals surface area contributed by atoms with Crippen molar-refractivity contribution in [3.05, 3.63) is 120 Å². The van der Waals surface area contributed by atoms with E-state index in [1.165, 1.54) is 0 Å². The minimum Gasteiger partial charge on any atom is -0.508 e. The standard InChI is InChI=1S/C21H16O2.C10H8O2/c22-20-11-9-14-5-1-3-7-16(14)18(20)13-19-17-8-4-2-6-15(17)10-12-21(19)23;11-9-5-1-3-7-8(9)4-2-6-10(7)12/h1-12,22-23H,13H2;1-6,11-12H. The molecule has 0 atom stereocenters. The predicted octanol–water partition coefficient (Wildman–Crippen LogP) is 7.25. The first-order valence-electron chi connectivity index (χ1n) is 11.3. The van der Waals surface area contributed by atoms with Gasteiger partial charge < -0.3 is 20.4 Å². The molecule has 0 bridgehead atoms. The average molecular weight is 461 g/mol. The zero-order valence-electron chi connectivity index (χ0n) is 18.9. The van der Waals surface area contributed by atoms with Crippen molar-refractivity contribution >= 4 is 32.3 Å². The third-order valence-electron chi connectivity index (χ3n) is 6.26. The molecule has 6 rings (SSSR count). The number of rotatable bonds is 2. The molecule has 4 N–H and O–H groups in total. The molecule has 0 unspecified atom stereocenters. The molecule has 0 saturated heterocycles. The number of phenolic OH excluding ortho intramolecular Hbond substituents is 4. The molecule has 0 aliphatic carbocycles. The Balaban J connectivity index is 0.000000178. The van der Waals surface area contributed by atoms with Crippen LogP contribution in [-0.2, 0) is 6.42 Å². The number of benzene rings is 6. The summed E-state index contributed by atoms with van der Waals surface area (Å²) < 4.78 is 0. The van der Waals surface area contributed by atoms with Gasteiger partial charge in [-0.05, 0) is 45.8 Å². The van der Waals surface area contributed by atoms with E-state index in [0.717, 1.165) is 32.7 Å². The molecule has 172 valence electrons. The van der Waals surface area contributed by atoms with Gasteiger partial charge in [0.15, 0.2) is 0 Å². The quantitative estimate of drug-likeness (QED) is 0.219.